The molecule has 1 unspecified atom stereocenters. The molecule has 2 fully saturated rings. The maximum absolute atomic E-state index is 12.0. The first-order valence-electron chi connectivity index (χ1n) is 6.02. The normalized spacial score (nSPS) is 32.9. The molecule has 0 radical (unpaired) electrons. The average molecular weight is 211 g/mol. The van der Waals surface area contributed by atoms with Crippen LogP contribution in [0, 0.1) is 0 Å². The fraction of sp³-hybridized carbons (Fsp3) is 0.909. The van der Waals surface area contributed by atoms with Gasteiger partial charge in [0, 0.05) is 13.1 Å². The minimum absolute atomic E-state index is 0.141. The van der Waals surface area contributed by atoms with Crippen molar-refractivity contribution in [3.8, 4) is 0 Å². The first-order chi connectivity index (χ1) is 7.21. The molecule has 2 aliphatic rings. The molecule has 0 spiro atoms. The van der Waals surface area contributed by atoms with E-state index >= 15 is 0 Å². The third-order valence-electron chi connectivity index (χ3n) is 3.49. The highest BCUT2D eigenvalue weighted by atomic mass is 16.2. The smallest absolute Gasteiger partial charge is 0.254 e. The summed E-state index contributed by atoms with van der Waals surface area (Å²) in [5, 5.41) is 5.35. The largest absolute Gasteiger partial charge is 0.304 e. The maximum atomic E-state index is 12.0. The number of hydrazine groups is 1. The van der Waals surface area contributed by atoms with Crippen LogP contribution in [-0.4, -0.2) is 36.1 Å². The molecule has 2 saturated heterocycles. The second-order valence-corrected chi connectivity index (χ2v) is 4.85. The van der Waals surface area contributed by atoms with Crippen molar-refractivity contribution in [1.29, 1.82) is 0 Å². The standard InChI is InChI=1S/C11H21N3O/c1-11(6-5-7-12-11)10(15)13-14-8-3-2-4-9-14/h12H,2-9H2,1H3,(H,13,15). The van der Waals surface area contributed by atoms with Gasteiger partial charge < -0.3 is 5.32 Å². The summed E-state index contributed by atoms with van der Waals surface area (Å²) in [5.74, 6) is 0.141. The van der Waals surface area contributed by atoms with Gasteiger partial charge in [0.1, 0.15) is 0 Å². The second kappa shape index (κ2) is 4.49. The Balaban J connectivity index is 1.85. The number of amides is 1. The molecule has 0 aliphatic carbocycles. The van der Waals surface area contributed by atoms with Gasteiger partial charge in [0.25, 0.3) is 5.91 Å². The van der Waals surface area contributed by atoms with E-state index in [2.05, 4.69) is 15.8 Å². The molecule has 2 heterocycles. The van der Waals surface area contributed by atoms with Crippen molar-refractivity contribution in [3.63, 3.8) is 0 Å². The molecule has 0 aromatic carbocycles. The van der Waals surface area contributed by atoms with Crippen LogP contribution in [0.5, 0.6) is 0 Å². The zero-order valence-corrected chi connectivity index (χ0v) is 9.51. The van der Waals surface area contributed by atoms with Crippen molar-refractivity contribution in [2.45, 2.75) is 44.6 Å². The van der Waals surface area contributed by atoms with Gasteiger partial charge in [0.15, 0.2) is 0 Å². The van der Waals surface area contributed by atoms with Gasteiger partial charge in [0.05, 0.1) is 5.54 Å². The minimum Gasteiger partial charge on any atom is -0.304 e. The summed E-state index contributed by atoms with van der Waals surface area (Å²) in [6.07, 6.45) is 5.74. The predicted octanol–water partition coefficient (Wildman–Crippen LogP) is 0.646. The lowest BCUT2D eigenvalue weighted by Gasteiger charge is -2.31. The molecule has 0 bridgehead atoms. The highest BCUT2D eigenvalue weighted by molar-refractivity contribution is 5.85. The number of nitrogens with zero attached hydrogens (tertiary/aromatic N) is 1. The first kappa shape index (κ1) is 10.9. The molecular formula is C11H21N3O. The number of carbonyl (C=O) groups excluding carboxylic acids is 1. The average Bonchev–Trinajstić information content (AvgIpc) is 2.68. The van der Waals surface area contributed by atoms with E-state index in [9.17, 15) is 4.79 Å². The van der Waals surface area contributed by atoms with Gasteiger partial charge in [-0.15, -0.1) is 0 Å². The molecule has 1 amide bonds. The van der Waals surface area contributed by atoms with E-state index < -0.39 is 0 Å². The maximum Gasteiger partial charge on any atom is 0.254 e. The van der Waals surface area contributed by atoms with Gasteiger partial charge in [-0.3, -0.25) is 10.2 Å². The van der Waals surface area contributed by atoms with Crippen molar-refractivity contribution in [3.05, 3.63) is 0 Å². The summed E-state index contributed by atoms with van der Waals surface area (Å²) in [6, 6.07) is 0. The molecule has 86 valence electrons. The second-order valence-electron chi connectivity index (χ2n) is 4.85. The van der Waals surface area contributed by atoms with E-state index in [1.165, 1.54) is 19.3 Å². The first-order valence-corrected chi connectivity index (χ1v) is 6.02. The Labute approximate surface area is 91.4 Å². The van der Waals surface area contributed by atoms with E-state index in [0.717, 1.165) is 32.5 Å². The number of nitrogens with one attached hydrogen (secondary N) is 2. The molecule has 0 aromatic rings. The summed E-state index contributed by atoms with van der Waals surface area (Å²) in [7, 11) is 0. The van der Waals surface area contributed by atoms with E-state index in [1.54, 1.807) is 0 Å². The van der Waals surface area contributed by atoms with Crippen LogP contribution >= 0.6 is 0 Å². The van der Waals surface area contributed by atoms with Crippen LogP contribution in [0.2, 0.25) is 0 Å². The number of hydrogen-bond donors (Lipinski definition) is 2. The number of rotatable bonds is 2. The molecule has 15 heavy (non-hydrogen) atoms. The molecule has 4 heteroatoms. The zero-order valence-electron chi connectivity index (χ0n) is 9.51. The van der Waals surface area contributed by atoms with Crippen LogP contribution in [0.1, 0.15) is 39.0 Å². The SMILES string of the molecule is CC1(C(=O)NN2CCCCC2)CCCN1. The third kappa shape index (κ3) is 2.49. The molecule has 4 nitrogen and oxygen atoms in total. The van der Waals surface area contributed by atoms with Crippen LogP contribution < -0.4 is 10.7 Å². The van der Waals surface area contributed by atoms with Gasteiger partial charge in [-0.1, -0.05) is 6.42 Å². The van der Waals surface area contributed by atoms with Crippen LogP contribution in [0.4, 0.5) is 0 Å². The summed E-state index contributed by atoms with van der Waals surface area (Å²) in [6.45, 7) is 4.97. The van der Waals surface area contributed by atoms with Crippen LogP contribution in [-0.2, 0) is 4.79 Å². The van der Waals surface area contributed by atoms with Gasteiger partial charge in [-0.2, -0.15) is 0 Å². The molecule has 2 aliphatic heterocycles. The van der Waals surface area contributed by atoms with Crippen LogP contribution in [0.25, 0.3) is 0 Å². The number of carbonyl (C=O) groups is 1. The Morgan fingerprint density at radius 3 is 2.60 bits per heavy atom. The summed E-state index contributed by atoms with van der Waals surface area (Å²) >= 11 is 0. The Bertz CT molecular complexity index is 230. The Hall–Kier alpha value is -0.610. The summed E-state index contributed by atoms with van der Waals surface area (Å²) < 4.78 is 0. The highest BCUT2D eigenvalue weighted by Crippen LogP contribution is 2.19. The third-order valence-corrected chi connectivity index (χ3v) is 3.49. The molecule has 2 N–H and O–H groups in total. The Morgan fingerprint density at radius 1 is 1.27 bits per heavy atom. The van der Waals surface area contributed by atoms with Crippen molar-refractivity contribution in [1.82, 2.24) is 15.8 Å². The fourth-order valence-electron chi connectivity index (χ4n) is 2.36. The van der Waals surface area contributed by atoms with Crippen LogP contribution in [0.15, 0.2) is 0 Å². The van der Waals surface area contributed by atoms with Crippen molar-refractivity contribution < 1.29 is 4.79 Å². The summed E-state index contributed by atoms with van der Waals surface area (Å²) in [5.41, 5.74) is 2.70. The quantitative estimate of drug-likeness (QED) is 0.705. The monoisotopic (exact) mass is 211 g/mol. The molecule has 0 saturated carbocycles. The molecule has 1 atom stereocenters. The van der Waals surface area contributed by atoms with Gasteiger partial charge in [-0.05, 0) is 39.2 Å². The summed E-state index contributed by atoms with van der Waals surface area (Å²) in [4.78, 5) is 12.0. The highest BCUT2D eigenvalue weighted by Gasteiger charge is 2.36. The predicted molar refractivity (Wildman–Crippen MR) is 59.2 cm³/mol. The lowest BCUT2D eigenvalue weighted by atomic mass is 10.00. The fourth-order valence-corrected chi connectivity index (χ4v) is 2.36. The van der Waals surface area contributed by atoms with Gasteiger partial charge >= 0.3 is 0 Å². The molecule has 0 aromatic heterocycles. The lowest BCUT2D eigenvalue weighted by Crippen LogP contribution is -2.57. The van der Waals surface area contributed by atoms with Gasteiger partial charge in [-0.25, -0.2) is 5.01 Å². The van der Waals surface area contributed by atoms with E-state index in [4.69, 9.17) is 0 Å². The van der Waals surface area contributed by atoms with Crippen molar-refractivity contribution >= 4 is 5.91 Å². The lowest BCUT2D eigenvalue weighted by molar-refractivity contribution is -0.132. The molecule has 2 rings (SSSR count). The number of piperidine rings is 1. The topological polar surface area (TPSA) is 44.4 Å². The van der Waals surface area contributed by atoms with E-state index in [0.29, 0.717) is 0 Å². The Kier molecular flexibility index (Phi) is 3.26. The molecular weight excluding hydrogens is 190 g/mol. The van der Waals surface area contributed by atoms with Gasteiger partial charge in [0.2, 0.25) is 0 Å². The zero-order chi connectivity index (χ0) is 10.7. The van der Waals surface area contributed by atoms with Crippen LogP contribution in [0.3, 0.4) is 0 Å². The Morgan fingerprint density at radius 2 is 2.00 bits per heavy atom. The van der Waals surface area contributed by atoms with E-state index in [1.807, 2.05) is 6.92 Å². The van der Waals surface area contributed by atoms with Crippen molar-refractivity contribution in [2.75, 3.05) is 19.6 Å². The van der Waals surface area contributed by atoms with E-state index in [-0.39, 0.29) is 11.4 Å². The minimum atomic E-state index is -0.336. The van der Waals surface area contributed by atoms with Crippen molar-refractivity contribution in [2.24, 2.45) is 0 Å². The number of hydrogen-bond acceptors (Lipinski definition) is 3.